The first-order chi connectivity index (χ1) is 13.5. The van der Waals surface area contributed by atoms with Gasteiger partial charge >= 0.3 is 0 Å². The van der Waals surface area contributed by atoms with Gasteiger partial charge in [-0.05, 0) is 99.4 Å². The van der Waals surface area contributed by atoms with Crippen LogP contribution in [0.15, 0.2) is 32.2 Å². The van der Waals surface area contributed by atoms with E-state index < -0.39 is 0 Å². The summed E-state index contributed by atoms with van der Waals surface area (Å²) < 4.78 is 18.5. The Hall–Kier alpha value is -0.200. The molecule has 0 N–H and O–H groups in total. The van der Waals surface area contributed by atoms with Crippen LogP contribution in [0.3, 0.4) is 0 Å². The topological polar surface area (TPSA) is 27.7 Å². The van der Waals surface area contributed by atoms with E-state index in [1.54, 1.807) is 6.08 Å². The molecule has 0 fully saturated rings. The number of rotatable bonds is 14. The number of hydrogen-bond acceptors (Lipinski definition) is 3. The Balaban J connectivity index is 2.48. The van der Waals surface area contributed by atoms with Gasteiger partial charge < -0.3 is 14.2 Å². The molecule has 0 saturated heterocycles. The third-order valence-electron chi connectivity index (χ3n) is 4.00. The second kappa shape index (κ2) is 15.6. The van der Waals surface area contributed by atoms with Crippen molar-refractivity contribution in [2.45, 2.75) is 46.0 Å². The molecular formula is C21H28Br2Cl2O3. The standard InChI is InChI=1S/C21H28Br2Cl2O3/c1-3-16-14-18(27-13-9-20(24)25)15-17(4-2)21(16)28-11-7-5-6-10-26-12-8-19(22)23/h8-9,14-15H,3-7,10-13H2,1-2H3. The highest BCUT2D eigenvalue weighted by molar-refractivity contribution is 9.28. The Morgan fingerprint density at radius 2 is 1.54 bits per heavy atom. The minimum Gasteiger partial charge on any atom is -0.493 e. The molecule has 0 aliphatic heterocycles. The normalized spacial score (nSPS) is 10.5. The largest absolute Gasteiger partial charge is 0.493 e. The number of benzene rings is 1. The third kappa shape index (κ3) is 11.1. The smallest absolute Gasteiger partial charge is 0.125 e. The van der Waals surface area contributed by atoms with Crippen LogP contribution in [-0.4, -0.2) is 26.4 Å². The Morgan fingerprint density at radius 1 is 0.893 bits per heavy atom. The summed E-state index contributed by atoms with van der Waals surface area (Å²) in [6.07, 6.45) is 8.45. The van der Waals surface area contributed by atoms with Crippen LogP contribution in [0.2, 0.25) is 0 Å². The molecule has 158 valence electrons. The quantitative estimate of drug-likeness (QED) is 0.219. The molecule has 3 nitrogen and oxygen atoms in total. The fourth-order valence-corrected chi connectivity index (χ4v) is 2.97. The van der Waals surface area contributed by atoms with Gasteiger partial charge in [0.15, 0.2) is 0 Å². The highest BCUT2D eigenvalue weighted by Crippen LogP contribution is 2.31. The van der Waals surface area contributed by atoms with Crippen LogP contribution >= 0.6 is 55.1 Å². The van der Waals surface area contributed by atoms with Gasteiger partial charge in [-0.3, -0.25) is 0 Å². The summed E-state index contributed by atoms with van der Waals surface area (Å²) in [5.74, 6) is 1.81. The summed E-state index contributed by atoms with van der Waals surface area (Å²) in [6.45, 7) is 6.67. The van der Waals surface area contributed by atoms with E-state index >= 15 is 0 Å². The first-order valence-corrected chi connectivity index (χ1v) is 11.8. The molecule has 0 aliphatic rings. The van der Waals surface area contributed by atoms with Crippen LogP contribution in [0.1, 0.15) is 44.2 Å². The lowest BCUT2D eigenvalue weighted by Crippen LogP contribution is -2.05. The summed E-state index contributed by atoms with van der Waals surface area (Å²) in [6, 6.07) is 4.07. The van der Waals surface area contributed by atoms with E-state index in [9.17, 15) is 0 Å². The van der Waals surface area contributed by atoms with Crippen molar-refractivity contribution in [2.75, 3.05) is 26.4 Å². The minimum absolute atomic E-state index is 0.212. The molecule has 7 heteroatoms. The average Bonchev–Trinajstić information content (AvgIpc) is 2.66. The second-order valence-corrected chi connectivity index (χ2v) is 9.84. The maximum Gasteiger partial charge on any atom is 0.125 e. The maximum absolute atomic E-state index is 6.13. The van der Waals surface area contributed by atoms with Gasteiger partial charge in [-0.25, -0.2) is 0 Å². The van der Waals surface area contributed by atoms with Crippen molar-refractivity contribution in [3.8, 4) is 11.5 Å². The fourth-order valence-electron chi connectivity index (χ4n) is 2.58. The molecule has 0 atom stereocenters. The summed E-state index contributed by atoms with van der Waals surface area (Å²) >= 11 is 17.9. The summed E-state index contributed by atoms with van der Waals surface area (Å²) in [5.41, 5.74) is 2.32. The van der Waals surface area contributed by atoms with Crippen molar-refractivity contribution in [3.05, 3.63) is 43.3 Å². The van der Waals surface area contributed by atoms with Gasteiger partial charge in [-0.15, -0.1) is 0 Å². The van der Waals surface area contributed by atoms with Crippen molar-refractivity contribution >= 4 is 55.1 Å². The average molecular weight is 559 g/mol. The van der Waals surface area contributed by atoms with Crippen LogP contribution in [-0.2, 0) is 17.6 Å². The molecule has 0 aliphatic carbocycles. The Kier molecular flexibility index (Phi) is 14.4. The molecule has 0 aromatic heterocycles. The number of unbranched alkanes of at least 4 members (excludes halogenated alkanes) is 2. The van der Waals surface area contributed by atoms with Crippen molar-refractivity contribution in [1.82, 2.24) is 0 Å². The predicted octanol–water partition coefficient (Wildman–Crippen LogP) is 7.71. The lowest BCUT2D eigenvalue weighted by atomic mass is 10.0. The maximum atomic E-state index is 6.13. The van der Waals surface area contributed by atoms with Gasteiger partial charge in [0.2, 0.25) is 0 Å². The molecule has 0 heterocycles. The van der Waals surface area contributed by atoms with Crippen molar-refractivity contribution in [3.63, 3.8) is 0 Å². The van der Waals surface area contributed by atoms with Crippen LogP contribution in [0.4, 0.5) is 0 Å². The van der Waals surface area contributed by atoms with Gasteiger partial charge in [0.25, 0.3) is 0 Å². The van der Waals surface area contributed by atoms with E-state index in [1.165, 1.54) is 0 Å². The monoisotopic (exact) mass is 556 g/mol. The number of halogens is 4. The molecule has 0 spiro atoms. The molecular weight excluding hydrogens is 531 g/mol. The van der Waals surface area contributed by atoms with Gasteiger partial charge in [0.1, 0.15) is 22.6 Å². The van der Waals surface area contributed by atoms with Gasteiger partial charge in [-0.2, -0.15) is 0 Å². The van der Waals surface area contributed by atoms with Gasteiger partial charge in [0.05, 0.1) is 16.6 Å². The first kappa shape index (κ1) is 25.8. The molecule has 0 bridgehead atoms. The van der Waals surface area contributed by atoms with E-state index in [1.807, 2.05) is 18.2 Å². The van der Waals surface area contributed by atoms with Crippen LogP contribution in [0.5, 0.6) is 11.5 Å². The van der Waals surface area contributed by atoms with Crippen LogP contribution in [0, 0.1) is 0 Å². The van der Waals surface area contributed by atoms with Crippen molar-refractivity contribution in [1.29, 1.82) is 0 Å². The van der Waals surface area contributed by atoms with E-state index in [0.29, 0.717) is 19.8 Å². The second-order valence-electron chi connectivity index (χ2n) is 6.06. The zero-order chi connectivity index (χ0) is 20.8. The van der Waals surface area contributed by atoms with Crippen molar-refractivity contribution < 1.29 is 14.2 Å². The number of ether oxygens (including phenoxy) is 3. The lowest BCUT2D eigenvalue weighted by molar-refractivity contribution is 0.155. The first-order valence-electron chi connectivity index (χ1n) is 9.49. The summed E-state index contributed by atoms with van der Waals surface area (Å²) in [4.78, 5) is 0. The van der Waals surface area contributed by atoms with E-state index in [-0.39, 0.29) is 4.49 Å². The SMILES string of the molecule is CCc1cc(OCC=C(Cl)Cl)cc(CC)c1OCCCCCOCC=C(Br)Br. The van der Waals surface area contributed by atoms with Crippen LogP contribution in [0.25, 0.3) is 0 Å². The lowest BCUT2D eigenvalue weighted by Gasteiger charge is -2.17. The van der Waals surface area contributed by atoms with Gasteiger partial charge in [0, 0.05) is 6.61 Å². The fraction of sp³-hybridized carbons (Fsp3) is 0.524. The van der Waals surface area contributed by atoms with E-state index in [2.05, 4.69) is 45.7 Å². The van der Waals surface area contributed by atoms with Crippen molar-refractivity contribution in [2.24, 2.45) is 0 Å². The highest BCUT2D eigenvalue weighted by atomic mass is 79.9. The zero-order valence-electron chi connectivity index (χ0n) is 16.4. The van der Waals surface area contributed by atoms with E-state index in [0.717, 1.165) is 64.7 Å². The number of aryl methyl sites for hydroxylation is 2. The summed E-state index contributed by atoms with van der Waals surface area (Å²) in [7, 11) is 0. The molecule has 0 unspecified atom stereocenters. The molecule has 0 radical (unpaired) electrons. The minimum atomic E-state index is 0.212. The number of hydrogen-bond donors (Lipinski definition) is 0. The molecule has 0 amide bonds. The molecule has 1 aromatic rings. The molecule has 1 rings (SSSR count). The van der Waals surface area contributed by atoms with Crippen LogP contribution < -0.4 is 9.47 Å². The van der Waals surface area contributed by atoms with Gasteiger partial charge in [-0.1, -0.05) is 37.0 Å². The Labute approximate surface area is 195 Å². The Bertz CT molecular complexity index is 616. The molecule has 0 saturated carbocycles. The molecule has 28 heavy (non-hydrogen) atoms. The third-order valence-corrected chi connectivity index (χ3v) is 4.96. The van der Waals surface area contributed by atoms with E-state index in [4.69, 9.17) is 37.4 Å². The summed E-state index contributed by atoms with van der Waals surface area (Å²) in [5, 5.41) is 0. The highest BCUT2D eigenvalue weighted by Gasteiger charge is 2.11. The predicted molar refractivity (Wildman–Crippen MR) is 127 cm³/mol. The molecule has 1 aromatic carbocycles. The Morgan fingerprint density at radius 3 is 2.11 bits per heavy atom. The zero-order valence-corrected chi connectivity index (χ0v) is 21.1.